The average Bonchev–Trinajstić information content (AvgIpc) is 2.77. The van der Waals surface area contributed by atoms with Crippen molar-refractivity contribution in [2.45, 2.75) is 18.9 Å². The maximum Gasteiger partial charge on any atom is 0.280 e. The Balaban J connectivity index is 0.00000192. The molecule has 0 spiro atoms. The number of hydrogen-bond donors (Lipinski definition) is 3. The van der Waals surface area contributed by atoms with Crippen LogP contribution in [0.5, 0.6) is 0 Å². The van der Waals surface area contributed by atoms with Gasteiger partial charge in [0.2, 0.25) is 0 Å². The molecule has 5 nitrogen and oxygen atoms in total. The Hall–Kier alpha value is -2.37. The highest BCUT2D eigenvalue weighted by Gasteiger charge is 2.40. The summed E-state index contributed by atoms with van der Waals surface area (Å²) < 4.78 is 0. The number of fused-ring (bicyclic) bond motifs is 3. The van der Waals surface area contributed by atoms with Crippen molar-refractivity contribution in [2.24, 2.45) is 16.5 Å². The SMILES string of the molecule is CCC1(O)c2ccccc2-c2ccc(C(=O)N=C(N)N)cc21.Cl. The van der Waals surface area contributed by atoms with Gasteiger partial charge >= 0.3 is 0 Å². The molecule has 0 aliphatic heterocycles. The molecule has 6 heteroatoms. The molecule has 1 amide bonds. The number of guanidine groups is 1. The number of nitrogens with zero attached hydrogens (tertiary/aromatic N) is 1. The Kier molecular flexibility index (Phi) is 4.45. The Morgan fingerprint density at radius 1 is 1.13 bits per heavy atom. The molecule has 0 heterocycles. The third kappa shape index (κ3) is 2.58. The van der Waals surface area contributed by atoms with Crippen molar-refractivity contribution in [3.8, 4) is 11.1 Å². The van der Waals surface area contributed by atoms with E-state index in [9.17, 15) is 9.90 Å². The highest BCUT2D eigenvalue weighted by molar-refractivity contribution is 6.02. The van der Waals surface area contributed by atoms with E-state index in [-0.39, 0.29) is 18.4 Å². The topological polar surface area (TPSA) is 102 Å². The van der Waals surface area contributed by atoms with Gasteiger partial charge in [-0.05, 0) is 40.8 Å². The zero-order chi connectivity index (χ0) is 15.9. The van der Waals surface area contributed by atoms with E-state index >= 15 is 0 Å². The fraction of sp³-hybridized carbons (Fsp3) is 0.176. The lowest BCUT2D eigenvalue weighted by atomic mass is 9.88. The number of aliphatic imine (C=N–C) groups is 1. The molecule has 23 heavy (non-hydrogen) atoms. The van der Waals surface area contributed by atoms with Gasteiger partial charge in [-0.25, -0.2) is 0 Å². The quantitative estimate of drug-likeness (QED) is 0.579. The summed E-state index contributed by atoms with van der Waals surface area (Å²) in [6, 6.07) is 12.9. The van der Waals surface area contributed by atoms with Crippen LogP contribution in [0, 0.1) is 0 Å². The first-order valence-electron chi connectivity index (χ1n) is 7.08. The van der Waals surface area contributed by atoms with Gasteiger partial charge in [0, 0.05) is 5.56 Å². The van der Waals surface area contributed by atoms with Crippen molar-refractivity contribution in [3.63, 3.8) is 0 Å². The average molecular weight is 332 g/mol. The smallest absolute Gasteiger partial charge is 0.280 e. The number of aliphatic hydroxyl groups is 1. The molecule has 0 aromatic heterocycles. The monoisotopic (exact) mass is 331 g/mol. The summed E-state index contributed by atoms with van der Waals surface area (Å²) in [4.78, 5) is 15.5. The number of rotatable bonds is 2. The molecule has 0 saturated heterocycles. The molecular formula is C17H18ClN3O2. The minimum Gasteiger partial charge on any atom is -0.380 e. The second kappa shape index (κ2) is 6.02. The maximum atomic E-state index is 12.0. The van der Waals surface area contributed by atoms with Crippen LogP contribution in [-0.4, -0.2) is 17.0 Å². The van der Waals surface area contributed by atoms with Crippen LogP contribution in [0.15, 0.2) is 47.5 Å². The predicted molar refractivity (Wildman–Crippen MR) is 92.6 cm³/mol. The molecule has 2 aromatic carbocycles. The lowest BCUT2D eigenvalue weighted by molar-refractivity contribution is 0.0812. The van der Waals surface area contributed by atoms with Gasteiger partial charge in [-0.2, -0.15) is 4.99 Å². The van der Waals surface area contributed by atoms with E-state index in [0.29, 0.717) is 17.5 Å². The highest BCUT2D eigenvalue weighted by Crippen LogP contribution is 2.49. The molecule has 0 bridgehead atoms. The van der Waals surface area contributed by atoms with Crippen molar-refractivity contribution in [1.82, 2.24) is 0 Å². The zero-order valence-corrected chi connectivity index (χ0v) is 13.4. The van der Waals surface area contributed by atoms with E-state index in [1.165, 1.54) is 0 Å². The Labute approximate surface area is 140 Å². The van der Waals surface area contributed by atoms with Crippen molar-refractivity contribution in [1.29, 1.82) is 0 Å². The van der Waals surface area contributed by atoms with Crippen LogP contribution < -0.4 is 11.5 Å². The summed E-state index contributed by atoms with van der Waals surface area (Å²) in [5.74, 6) is -0.795. The van der Waals surface area contributed by atoms with Gasteiger partial charge in [-0.15, -0.1) is 12.4 Å². The second-order valence-electron chi connectivity index (χ2n) is 5.36. The van der Waals surface area contributed by atoms with Gasteiger partial charge in [-0.1, -0.05) is 37.3 Å². The van der Waals surface area contributed by atoms with Crippen molar-refractivity contribution < 1.29 is 9.90 Å². The summed E-state index contributed by atoms with van der Waals surface area (Å²) in [7, 11) is 0. The first-order valence-corrected chi connectivity index (χ1v) is 7.08. The van der Waals surface area contributed by atoms with Crippen LogP contribution in [0.4, 0.5) is 0 Å². The third-order valence-corrected chi connectivity index (χ3v) is 4.12. The zero-order valence-electron chi connectivity index (χ0n) is 12.6. The van der Waals surface area contributed by atoms with Crippen LogP contribution in [-0.2, 0) is 5.60 Å². The Morgan fingerprint density at radius 2 is 1.78 bits per heavy atom. The lowest BCUT2D eigenvalue weighted by Crippen LogP contribution is -2.25. The molecule has 1 unspecified atom stereocenters. The minimum absolute atomic E-state index is 0. The molecule has 3 rings (SSSR count). The van der Waals surface area contributed by atoms with Gasteiger partial charge in [-0.3, -0.25) is 4.79 Å². The minimum atomic E-state index is -1.10. The maximum absolute atomic E-state index is 12.0. The van der Waals surface area contributed by atoms with Crippen LogP contribution in [0.3, 0.4) is 0 Å². The highest BCUT2D eigenvalue weighted by atomic mass is 35.5. The molecule has 120 valence electrons. The van der Waals surface area contributed by atoms with Crippen LogP contribution in [0.1, 0.15) is 34.8 Å². The standard InChI is InChI=1S/C17H17N3O2.ClH/c1-2-17(22)13-6-4-3-5-11(13)12-8-7-10(9-14(12)17)15(21)20-16(18)19;/h3-9,22H,2H2,1H3,(H4,18,19,20,21);1H. The summed E-state index contributed by atoms with van der Waals surface area (Å²) >= 11 is 0. The first-order chi connectivity index (χ1) is 10.5. The fourth-order valence-electron chi connectivity index (χ4n) is 3.04. The molecular weight excluding hydrogens is 314 g/mol. The number of nitrogens with two attached hydrogens (primary N) is 2. The second-order valence-corrected chi connectivity index (χ2v) is 5.36. The van der Waals surface area contributed by atoms with Gasteiger partial charge < -0.3 is 16.6 Å². The van der Waals surface area contributed by atoms with E-state index in [1.54, 1.807) is 12.1 Å². The van der Waals surface area contributed by atoms with Gasteiger partial charge in [0.05, 0.1) is 0 Å². The summed E-state index contributed by atoms with van der Waals surface area (Å²) in [5, 5.41) is 11.1. The molecule has 0 saturated carbocycles. The number of carbonyl (C=O) groups excluding carboxylic acids is 1. The molecule has 5 N–H and O–H groups in total. The number of carbonyl (C=O) groups is 1. The number of amides is 1. The third-order valence-electron chi connectivity index (χ3n) is 4.12. The van der Waals surface area contributed by atoms with E-state index in [1.807, 2.05) is 37.3 Å². The lowest BCUT2D eigenvalue weighted by Gasteiger charge is -2.24. The van der Waals surface area contributed by atoms with Crippen LogP contribution >= 0.6 is 12.4 Å². The summed E-state index contributed by atoms with van der Waals surface area (Å²) in [6.07, 6.45) is 0.511. The number of hydrogen-bond acceptors (Lipinski definition) is 2. The van der Waals surface area contributed by atoms with Crippen LogP contribution in [0.25, 0.3) is 11.1 Å². The number of benzene rings is 2. The largest absolute Gasteiger partial charge is 0.380 e. The van der Waals surface area contributed by atoms with Crippen LogP contribution in [0.2, 0.25) is 0 Å². The first kappa shape index (κ1) is 17.0. The molecule has 2 aromatic rings. The van der Waals surface area contributed by atoms with Crippen molar-refractivity contribution in [2.75, 3.05) is 0 Å². The molecule has 1 aliphatic rings. The van der Waals surface area contributed by atoms with E-state index in [2.05, 4.69) is 4.99 Å². The van der Waals surface area contributed by atoms with Crippen molar-refractivity contribution in [3.05, 3.63) is 59.2 Å². The Morgan fingerprint density at radius 3 is 2.43 bits per heavy atom. The summed E-state index contributed by atoms with van der Waals surface area (Å²) in [5.41, 5.74) is 13.3. The van der Waals surface area contributed by atoms with E-state index < -0.39 is 11.5 Å². The molecule has 1 atom stereocenters. The van der Waals surface area contributed by atoms with Crippen molar-refractivity contribution >= 4 is 24.3 Å². The predicted octanol–water partition coefficient (Wildman–Crippen LogP) is 2.15. The normalized spacial score (nSPS) is 17.7. The fourth-order valence-corrected chi connectivity index (χ4v) is 3.04. The van der Waals surface area contributed by atoms with Gasteiger partial charge in [0.15, 0.2) is 5.96 Å². The molecule has 0 radical (unpaired) electrons. The summed E-state index contributed by atoms with van der Waals surface area (Å²) in [6.45, 7) is 1.91. The van der Waals surface area contributed by atoms with E-state index in [0.717, 1.165) is 16.7 Å². The van der Waals surface area contributed by atoms with Gasteiger partial charge in [0.1, 0.15) is 5.60 Å². The number of halogens is 1. The Bertz CT molecular complexity index is 800. The molecule has 0 fully saturated rings. The molecule has 1 aliphatic carbocycles. The van der Waals surface area contributed by atoms with Gasteiger partial charge in [0.25, 0.3) is 5.91 Å². The van der Waals surface area contributed by atoms with E-state index in [4.69, 9.17) is 11.5 Å².